The van der Waals surface area contributed by atoms with Crippen molar-refractivity contribution < 1.29 is 4.52 Å². The van der Waals surface area contributed by atoms with E-state index in [0.29, 0.717) is 18.3 Å². The molecule has 17 heavy (non-hydrogen) atoms. The first-order chi connectivity index (χ1) is 8.11. The van der Waals surface area contributed by atoms with Gasteiger partial charge in [-0.2, -0.15) is 4.98 Å². The second-order valence-electron chi connectivity index (χ2n) is 3.54. The summed E-state index contributed by atoms with van der Waals surface area (Å²) < 4.78 is 7.30. The lowest BCUT2D eigenvalue weighted by Crippen LogP contribution is -2.39. The Hall–Kier alpha value is -2.18. The van der Waals surface area contributed by atoms with E-state index in [1.807, 2.05) is 6.92 Å². The molecule has 0 spiro atoms. The van der Waals surface area contributed by atoms with Crippen molar-refractivity contribution in [2.24, 2.45) is 0 Å². The van der Waals surface area contributed by atoms with Gasteiger partial charge in [-0.25, -0.2) is 4.79 Å². The van der Waals surface area contributed by atoms with Gasteiger partial charge in [0, 0.05) is 25.7 Å². The molecule has 0 unspecified atom stereocenters. The van der Waals surface area contributed by atoms with Crippen molar-refractivity contribution in [1.82, 2.24) is 19.3 Å². The van der Waals surface area contributed by atoms with Crippen molar-refractivity contribution in [3.05, 3.63) is 44.8 Å². The molecule has 0 aliphatic rings. The Morgan fingerprint density at radius 2 is 2.18 bits per heavy atom. The normalized spacial score (nSPS) is 10.7. The van der Waals surface area contributed by atoms with Gasteiger partial charge in [-0.05, 0) is 6.92 Å². The first kappa shape index (κ1) is 11.3. The first-order valence-electron chi connectivity index (χ1n) is 5.21. The van der Waals surface area contributed by atoms with E-state index in [2.05, 4.69) is 10.1 Å². The molecule has 2 aromatic heterocycles. The van der Waals surface area contributed by atoms with Crippen LogP contribution in [0.3, 0.4) is 0 Å². The number of nitrogens with zero attached hydrogens (tertiary/aromatic N) is 4. The molecular formula is C10H12N4O3. The van der Waals surface area contributed by atoms with Crippen LogP contribution in [-0.4, -0.2) is 19.3 Å². The largest absolute Gasteiger partial charge is 0.340 e. The SMILES string of the molecule is CCn1ccc(=O)n(Cc2noc(C)n2)c1=O. The summed E-state index contributed by atoms with van der Waals surface area (Å²) in [4.78, 5) is 27.4. The molecular weight excluding hydrogens is 224 g/mol. The highest BCUT2D eigenvalue weighted by molar-refractivity contribution is 4.91. The molecule has 2 aromatic rings. The molecule has 0 atom stereocenters. The second-order valence-corrected chi connectivity index (χ2v) is 3.54. The Labute approximate surface area is 96.3 Å². The van der Waals surface area contributed by atoms with E-state index >= 15 is 0 Å². The van der Waals surface area contributed by atoms with E-state index in [1.165, 1.54) is 16.8 Å². The average Bonchev–Trinajstić information content (AvgIpc) is 2.70. The quantitative estimate of drug-likeness (QED) is 0.735. The summed E-state index contributed by atoms with van der Waals surface area (Å²) >= 11 is 0. The molecule has 0 aromatic carbocycles. The number of aromatic nitrogens is 4. The van der Waals surface area contributed by atoms with Crippen LogP contribution >= 0.6 is 0 Å². The summed E-state index contributed by atoms with van der Waals surface area (Å²) in [6.45, 7) is 4.00. The maximum absolute atomic E-state index is 11.9. The number of rotatable bonds is 3. The third-order valence-corrected chi connectivity index (χ3v) is 2.35. The third-order valence-electron chi connectivity index (χ3n) is 2.35. The Bertz CT molecular complexity index is 637. The Morgan fingerprint density at radius 3 is 2.76 bits per heavy atom. The number of hydrogen-bond donors (Lipinski definition) is 0. The van der Waals surface area contributed by atoms with E-state index in [9.17, 15) is 9.59 Å². The van der Waals surface area contributed by atoms with E-state index in [1.54, 1.807) is 6.92 Å². The van der Waals surface area contributed by atoms with E-state index in [4.69, 9.17) is 4.52 Å². The third kappa shape index (κ3) is 2.17. The molecule has 0 saturated carbocycles. The van der Waals surface area contributed by atoms with Crippen LogP contribution in [0.2, 0.25) is 0 Å². The Kier molecular flexibility index (Phi) is 2.90. The number of hydrogen-bond acceptors (Lipinski definition) is 5. The minimum Gasteiger partial charge on any atom is -0.340 e. The van der Waals surface area contributed by atoms with Crippen LogP contribution in [0.5, 0.6) is 0 Å². The number of aryl methyl sites for hydroxylation is 2. The molecule has 0 fully saturated rings. The lowest BCUT2D eigenvalue weighted by atomic mass is 10.5. The van der Waals surface area contributed by atoms with Gasteiger partial charge >= 0.3 is 5.69 Å². The van der Waals surface area contributed by atoms with E-state index < -0.39 is 0 Å². The van der Waals surface area contributed by atoms with Crippen LogP contribution in [0.1, 0.15) is 18.6 Å². The van der Waals surface area contributed by atoms with Crippen molar-refractivity contribution in [1.29, 1.82) is 0 Å². The highest BCUT2D eigenvalue weighted by atomic mass is 16.5. The minimum absolute atomic E-state index is 0.0237. The summed E-state index contributed by atoms with van der Waals surface area (Å²) in [6, 6.07) is 1.35. The van der Waals surface area contributed by atoms with Crippen molar-refractivity contribution in [2.45, 2.75) is 26.9 Å². The predicted octanol–water partition coefficient (Wildman–Crippen LogP) is -0.230. The lowest BCUT2D eigenvalue weighted by Gasteiger charge is -2.05. The molecule has 0 aliphatic carbocycles. The van der Waals surface area contributed by atoms with Crippen LogP contribution in [0.25, 0.3) is 0 Å². The maximum atomic E-state index is 11.9. The van der Waals surface area contributed by atoms with Gasteiger partial charge in [0.2, 0.25) is 5.89 Å². The zero-order valence-electron chi connectivity index (χ0n) is 9.58. The van der Waals surface area contributed by atoms with E-state index in [-0.39, 0.29) is 17.8 Å². The summed E-state index contributed by atoms with van der Waals surface area (Å²) in [6.07, 6.45) is 1.47. The minimum atomic E-state index is -0.373. The van der Waals surface area contributed by atoms with Gasteiger partial charge < -0.3 is 9.09 Å². The summed E-state index contributed by atoms with van der Waals surface area (Å²) in [7, 11) is 0. The van der Waals surface area contributed by atoms with Gasteiger partial charge in [-0.3, -0.25) is 9.36 Å². The molecule has 2 heterocycles. The predicted molar refractivity (Wildman–Crippen MR) is 58.8 cm³/mol. The Balaban J connectivity index is 2.45. The van der Waals surface area contributed by atoms with Crippen molar-refractivity contribution >= 4 is 0 Å². The molecule has 2 rings (SSSR count). The van der Waals surface area contributed by atoms with Crippen LogP contribution in [0.15, 0.2) is 26.4 Å². The zero-order valence-corrected chi connectivity index (χ0v) is 9.58. The summed E-state index contributed by atoms with van der Waals surface area (Å²) in [5, 5.41) is 3.65. The molecule has 0 N–H and O–H groups in total. The Morgan fingerprint density at radius 1 is 1.41 bits per heavy atom. The first-order valence-corrected chi connectivity index (χ1v) is 5.21. The van der Waals surface area contributed by atoms with Crippen molar-refractivity contribution in [3.63, 3.8) is 0 Å². The fraction of sp³-hybridized carbons (Fsp3) is 0.400. The maximum Gasteiger partial charge on any atom is 0.331 e. The summed E-state index contributed by atoms with van der Waals surface area (Å²) in [5.74, 6) is 0.718. The van der Waals surface area contributed by atoms with E-state index in [0.717, 1.165) is 4.57 Å². The highest BCUT2D eigenvalue weighted by Gasteiger charge is 2.08. The van der Waals surface area contributed by atoms with Gasteiger partial charge in [-0.15, -0.1) is 0 Å². The molecule has 0 bridgehead atoms. The fourth-order valence-corrected chi connectivity index (χ4v) is 1.49. The lowest BCUT2D eigenvalue weighted by molar-refractivity contribution is 0.385. The van der Waals surface area contributed by atoms with Crippen LogP contribution in [0.4, 0.5) is 0 Å². The molecule has 7 heteroatoms. The van der Waals surface area contributed by atoms with Gasteiger partial charge in [0.25, 0.3) is 5.56 Å². The van der Waals surface area contributed by atoms with Gasteiger partial charge in [0.05, 0.1) is 6.54 Å². The fourth-order valence-electron chi connectivity index (χ4n) is 1.49. The average molecular weight is 236 g/mol. The monoisotopic (exact) mass is 236 g/mol. The molecule has 90 valence electrons. The molecule has 7 nitrogen and oxygen atoms in total. The zero-order chi connectivity index (χ0) is 12.4. The summed E-state index contributed by atoms with van der Waals surface area (Å²) in [5.41, 5.74) is -0.746. The molecule has 0 amide bonds. The van der Waals surface area contributed by atoms with Crippen molar-refractivity contribution in [3.8, 4) is 0 Å². The van der Waals surface area contributed by atoms with Gasteiger partial charge in [0.15, 0.2) is 5.82 Å². The van der Waals surface area contributed by atoms with Crippen LogP contribution in [0, 0.1) is 6.92 Å². The molecule has 0 saturated heterocycles. The second kappa shape index (κ2) is 4.36. The smallest absolute Gasteiger partial charge is 0.331 e. The standard InChI is InChI=1S/C10H12N4O3/c1-3-13-5-4-9(15)14(10(13)16)6-8-11-7(2)17-12-8/h4-5H,3,6H2,1-2H3. The van der Waals surface area contributed by atoms with Crippen LogP contribution < -0.4 is 11.2 Å². The van der Waals surface area contributed by atoms with Crippen LogP contribution in [-0.2, 0) is 13.1 Å². The molecule has 0 aliphatic heterocycles. The topological polar surface area (TPSA) is 82.9 Å². The van der Waals surface area contributed by atoms with Gasteiger partial charge in [0.1, 0.15) is 0 Å². The highest BCUT2D eigenvalue weighted by Crippen LogP contribution is 1.95. The molecule has 0 radical (unpaired) electrons. The van der Waals surface area contributed by atoms with Gasteiger partial charge in [-0.1, -0.05) is 5.16 Å². The van der Waals surface area contributed by atoms with Crippen molar-refractivity contribution in [2.75, 3.05) is 0 Å².